The molecule has 0 aliphatic rings. The van der Waals surface area contributed by atoms with Gasteiger partial charge in [0.25, 0.3) is 0 Å². The number of ether oxygens (including phenoxy) is 2. The highest BCUT2D eigenvalue weighted by Crippen LogP contribution is 2.26. The van der Waals surface area contributed by atoms with Gasteiger partial charge in [-0.3, -0.25) is 0 Å². The molecule has 0 amide bonds. The highest BCUT2D eigenvalue weighted by atomic mass is 19.3. The molecule has 0 aliphatic heterocycles. The Bertz CT molecular complexity index is 632. The second kappa shape index (κ2) is 6.21. The van der Waals surface area contributed by atoms with Crippen LogP contribution in [0, 0.1) is 24.4 Å². The minimum absolute atomic E-state index is 0.186. The Balaban J connectivity index is 2.03. The summed E-state index contributed by atoms with van der Waals surface area (Å²) < 4.78 is 74.7. The van der Waals surface area contributed by atoms with Crippen LogP contribution in [0.4, 0.5) is 22.0 Å². The van der Waals surface area contributed by atoms with E-state index in [0.29, 0.717) is 12.1 Å². The van der Waals surface area contributed by atoms with Crippen LogP contribution in [0.3, 0.4) is 0 Å². The monoisotopic (exact) mass is 318 g/mol. The highest BCUT2D eigenvalue weighted by molar-refractivity contribution is 5.27. The molecule has 7 heteroatoms. The van der Waals surface area contributed by atoms with Crippen molar-refractivity contribution in [3.8, 4) is 11.5 Å². The third kappa shape index (κ3) is 4.09. The van der Waals surface area contributed by atoms with E-state index in [-0.39, 0.29) is 5.75 Å². The lowest BCUT2D eigenvalue weighted by Crippen LogP contribution is -2.32. The first-order valence-corrected chi connectivity index (χ1v) is 6.18. The van der Waals surface area contributed by atoms with Crippen molar-refractivity contribution < 1.29 is 31.4 Å². The molecular weight excluding hydrogens is 307 g/mol. The summed E-state index contributed by atoms with van der Waals surface area (Å²) in [7, 11) is 0. The number of hydrogen-bond acceptors (Lipinski definition) is 2. The van der Waals surface area contributed by atoms with E-state index in [2.05, 4.69) is 4.74 Å². The van der Waals surface area contributed by atoms with Crippen LogP contribution in [0.1, 0.15) is 5.56 Å². The predicted molar refractivity (Wildman–Crippen MR) is 68.6 cm³/mol. The van der Waals surface area contributed by atoms with Crippen molar-refractivity contribution in [2.45, 2.75) is 13.0 Å². The minimum Gasteiger partial charge on any atom is -0.483 e. The summed E-state index contributed by atoms with van der Waals surface area (Å²) in [5.41, 5.74) is 0.924. The van der Waals surface area contributed by atoms with Crippen LogP contribution in [-0.2, 0) is 0 Å². The summed E-state index contributed by atoms with van der Waals surface area (Å²) >= 11 is 0. The van der Waals surface area contributed by atoms with E-state index in [1.54, 1.807) is 12.1 Å². The average Bonchev–Trinajstić information content (AvgIpc) is 2.44. The van der Waals surface area contributed by atoms with Crippen LogP contribution in [0.25, 0.3) is 0 Å². The Labute approximate surface area is 123 Å². The van der Waals surface area contributed by atoms with E-state index in [0.717, 1.165) is 5.56 Å². The summed E-state index contributed by atoms with van der Waals surface area (Å²) in [5, 5.41) is 0. The Kier molecular flexibility index (Phi) is 4.54. The van der Waals surface area contributed by atoms with Crippen LogP contribution in [-0.4, -0.2) is 12.7 Å². The molecule has 0 spiro atoms. The molecule has 2 rings (SSSR count). The van der Waals surface area contributed by atoms with Crippen LogP contribution in [0.5, 0.6) is 11.5 Å². The van der Waals surface area contributed by atoms with E-state index in [1.807, 2.05) is 6.92 Å². The van der Waals surface area contributed by atoms with Gasteiger partial charge in [0.1, 0.15) is 11.5 Å². The maximum Gasteiger partial charge on any atom is 0.433 e. The summed E-state index contributed by atoms with van der Waals surface area (Å²) in [5.74, 6) is -5.65. The molecule has 0 aliphatic carbocycles. The van der Waals surface area contributed by atoms with Crippen molar-refractivity contribution in [1.29, 1.82) is 0 Å². The number of halogens is 5. The van der Waals surface area contributed by atoms with Crippen molar-refractivity contribution in [2.75, 3.05) is 6.61 Å². The van der Waals surface area contributed by atoms with Gasteiger partial charge in [0, 0.05) is 12.1 Å². The van der Waals surface area contributed by atoms with Gasteiger partial charge in [0.05, 0.1) is 0 Å². The Morgan fingerprint density at radius 2 is 1.45 bits per heavy atom. The first-order valence-electron chi connectivity index (χ1n) is 6.18. The zero-order valence-electron chi connectivity index (χ0n) is 11.4. The van der Waals surface area contributed by atoms with Crippen LogP contribution >= 0.6 is 0 Å². The van der Waals surface area contributed by atoms with E-state index in [9.17, 15) is 22.0 Å². The van der Waals surface area contributed by atoms with Gasteiger partial charge in [-0.2, -0.15) is 8.78 Å². The number of benzene rings is 2. The zero-order chi connectivity index (χ0) is 16.3. The SMILES string of the molecule is Cc1ccc(OCC(F)(F)Oc2cc(F)c(F)c(F)c2)cc1. The Morgan fingerprint density at radius 1 is 0.909 bits per heavy atom. The first kappa shape index (κ1) is 16.1. The molecule has 2 aromatic carbocycles. The maximum absolute atomic E-state index is 13.6. The van der Waals surface area contributed by atoms with Crippen molar-refractivity contribution in [2.24, 2.45) is 0 Å². The molecule has 0 heterocycles. The van der Waals surface area contributed by atoms with Crippen molar-refractivity contribution in [3.05, 3.63) is 59.4 Å². The normalized spacial score (nSPS) is 11.4. The fourth-order valence-corrected chi connectivity index (χ4v) is 1.59. The van der Waals surface area contributed by atoms with Gasteiger partial charge in [-0.15, -0.1) is 0 Å². The molecule has 0 saturated heterocycles. The quantitative estimate of drug-likeness (QED) is 0.598. The van der Waals surface area contributed by atoms with Crippen molar-refractivity contribution >= 4 is 0 Å². The highest BCUT2D eigenvalue weighted by Gasteiger charge is 2.33. The number of rotatable bonds is 5. The lowest BCUT2D eigenvalue weighted by Gasteiger charge is -2.18. The van der Waals surface area contributed by atoms with E-state index < -0.39 is 35.9 Å². The summed E-state index contributed by atoms with van der Waals surface area (Å²) in [6, 6.07) is 6.97. The van der Waals surface area contributed by atoms with Gasteiger partial charge in [0.2, 0.25) is 0 Å². The third-order valence-corrected chi connectivity index (χ3v) is 2.65. The lowest BCUT2D eigenvalue weighted by atomic mass is 10.2. The molecule has 0 N–H and O–H groups in total. The summed E-state index contributed by atoms with van der Waals surface area (Å²) in [6.07, 6.45) is -3.85. The lowest BCUT2D eigenvalue weighted by molar-refractivity contribution is -0.195. The van der Waals surface area contributed by atoms with Gasteiger partial charge in [-0.25, -0.2) is 13.2 Å². The zero-order valence-corrected chi connectivity index (χ0v) is 11.4. The second-order valence-corrected chi connectivity index (χ2v) is 4.54. The largest absolute Gasteiger partial charge is 0.483 e. The molecule has 118 valence electrons. The molecule has 2 aromatic rings. The molecular formula is C15H11F5O2. The second-order valence-electron chi connectivity index (χ2n) is 4.54. The number of alkyl halides is 2. The summed E-state index contributed by atoms with van der Waals surface area (Å²) in [6.45, 7) is 0.649. The molecule has 0 bridgehead atoms. The van der Waals surface area contributed by atoms with E-state index in [1.165, 1.54) is 12.1 Å². The summed E-state index contributed by atoms with van der Waals surface area (Å²) in [4.78, 5) is 0. The van der Waals surface area contributed by atoms with Gasteiger partial charge < -0.3 is 9.47 Å². The standard InChI is InChI=1S/C15H11F5O2/c1-9-2-4-10(5-3-9)21-8-15(19,20)22-11-6-12(16)14(18)13(17)7-11/h2-7H,8H2,1H3. The van der Waals surface area contributed by atoms with E-state index >= 15 is 0 Å². The van der Waals surface area contributed by atoms with Gasteiger partial charge >= 0.3 is 6.11 Å². The Hall–Kier alpha value is -2.31. The van der Waals surface area contributed by atoms with E-state index in [4.69, 9.17) is 4.74 Å². The van der Waals surface area contributed by atoms with Crippen LogP contribution in [0.2, 0.25) is 0 Å². The number of hydrogen-bond donors (Lipinski definition) is 0. The molecule has 0 aromatic heterocycles. The molecule has 0 saturated carbocycles. The van der Waals surface area contributed by atoms with Crippen molar-refractivity contribution in [3.63, 3.8) is 0 Å². The fourth-order valence-electron chi connectivity index (χ4n) is 1.59. The van der Waals surface area contributed by atoms with Gasteiger partial charge in [-0.1, -0.05) is 17.7 Å². The third-order valence-electron chi connectivity index (χ3n) is 2.65. The topological polar surface area (TPSA) is 18.5 Å². The van der Waals surface area contributed by atoms with Crippen LogP contribution in [0.15, 0.2) is 36.4 Å². The molecule has 0 fully saturated rings. The Morgan fingerprint density at radius 3 is 2.00 bits per heavy atom. The smallest absolute Gasteiger partial charge is 0.433 e. The van der Waals surface area contributed by atoms with Crippen molar-refractivity contribution in [1.82, 2.24) is 0 Å². The predicted octanol–water partition coefficient (Wildman–Crippen LogP) is 4.46. The average molecular weight is 318 g/mol. The molecule has 22 heavy (non-hydrogen) atoms. The van der Waals surface area contributed by atoms with Gasteiger partial charge in [-0.05, 0) is 19.1 Å². The molecule has 2 nitrogen and oxygen atoms in total. The molecule has 0 atom stereocenters. The van der Waals surface area contributed by atoms with Gasteiger partial charge in [0.15, 0.2) is 24.1 Å². The van der Waals surface area contributed by atoms with Crippen LogP contribution < -0.4 is 9.47 Å². The maximum atomic E-state index is 13.6. The minimum atomic E-state index is -3.85. The first-order chi connectivity index (χ1) is 10.3. The fraction of sp³-hybridized carbons (Fsp3) is 0.200. The number of aryl methyl sites for hydroxylation is 1. The molecule has 0 radical (unpaired) electrons. The molecule has 0 unspecified atom stereocenters.